The fourth-order valence-corrected chi connectivity index (χ4v) is 3.31. The highest BCUT2D eigenvalue weighted by molar-refractivity contribution is 5.98. The van der Waals surface area contributed by atoms with Gasteiger partial charge in [0.15, 0.2) is 0 Å². The van der Waals surface area contributed by atoms with Gasteiger partial charge in [-0.05, 0) is 37.4 Å². The number of hydrogen-bond donors (Lipinski definition) is 1. The maximum absolute atomic E-state index is 13.0. The van der Waals surface area contributed by atoms with Crippen LogP contribution in [-0.4, -0.2) is 70.9 Å². The minimum absolute atomic E-state index is 0.00783. The smallest absolute Gasteiger partial charge is 0.319 e. The summed E-state index contributed by atoms with van der Waals surface area (Å²) in [5.74, 6) is 0.00783. The molecule has 0 aliphatic carbocycles. The first kappa shape index (κ1) is 16.4. The minimum atomic E-state index is -0.411. The number of carbonyl (C=O) groups excluding carboxylic acids is 2. The third kappa shape index (κ3) is 2.84. The Kier molecular flexibility index (Phi) is 3.99. The van der Waals surface area contributed by atoms with Gasteiger partial charge in [0, 0.05) is 51.0 Å². The first-order valence-electron chi connectivity index (χ1n) is 8.15. The molecular weight excluding hydrogens is 304 g/mol. The van der Waals surface area contributed by atoms with E-state index in [0.29, 0.717) is 25.2 Å². The summed E-state index contributed by atoms with van der Waals surface area (Å²) in [5, 5.41) is 1.09. The van der Waals surface area contributed by atoms with Crippen molar-refractivity contribution < 1.29 is 9.59 Å². The summed E-state index contributed by atoms with van der Waals surface area (Å²) >= 11 is 0. The lowest BCUT2D eigenvalue weighted by Crippen LogP contribution is -2.63. The van der Waals surface area contributed by atoms with E-state index in [1.54, 1.807) is 23.9 Å². The lowest BCUT2D eigenvalue weighted by atomic mass is 9.97. The fraction of sp³-hybridized carbons (Fsp3) is 0.444. The number of piperazine rings is 1. The van der Waals surface area contributed by atoms with Gasteiger partial charge in [0.1, 0.15) is 0 Å². The number of urea groups is 1. The summed E-state index contributed by atoms with van der Waals surface area (Å²) in [6.45, 7) is 5.63. The highest BCUT2D eigenvalue weighted by Gasteiger charge is 2.39. The van der Waals surface area contributed by atoms with E-state index >= 15 is 0 Å². The van der Waals surface area contributed by atoms with Crippen LogP contribution in [0, 0.1) is 0 Å². The molecule has 1 aromatic heterocycles. The fourth-order valence-electron chi connectivity index (χ4n) is 3.31. The van der Waals surface area contributed by atoms with Gasteiger partial charge in [0.2, 0.25) is 0 Å². The minimum Gasteiger partial charge on any atom is -0.361 e. The first-order valence-corrected chi connectivity index (χ1v) is 8.15. The average molecular weight is 328 g/mol. The Labute approximate surface area is 142 Å². The summed E-state index contributed by atoms with van der Waals surface area (Å²) in [6.07, 6.45) is 1.87. The Morgan fingerprint density at radius 3 is 2.58 bits per heavy atom. The van der Waals surface area contributed by atoms with Crippen LogP contribution in [0.25, 0.3) is 10.9 Å². The molecule has 2 heterocycles. The van der Waals surface area contributed by atoms with E-state index < -0.39 is 5.54 Å². The van der Waals surface area contributed by atoms with Crippen LogP contribution >= 0.6 is 0 Å². The summed E-state index contributed by atoms with van der Waals surface area (Å²) in [5.41, 5.74) is 1.22. The van der Waals surface area contributed by atoms with Crippen LogP contribution in [0.4, 0.5) is 4.79 Å². The largest absolute Gasteiger partial charge is 0.361 e. The molecule has 1 aliphatic rings. The van der Waals surface area contributed by atoms with E-state index in [4.69, 9.17) is 0 Å². The molecule has 0 atom stereocenters. The van der Waals surface area contributed by atoms with Crippen LogP contribution in [0.2, 0.25) is 0 Å². The van der Waals surface area contributed by atoms with Crippen LogP contribution < -0.4 is 0 Å². The predicted octanol–water partition coefficient (Wildman–Crippen LogP) is 2.39. The number of nitrogens with one attached hydrogen (secondary N) is 1. The van der Waals surface area contributed by atoms with Crippen molar-refractivity contribution in [3.8, 4) is 0 Å². The van der Waals surface area contributed by atoms with Gasteiger partial charge in [0.25, 0.3) is 5.91 Å². The van der Waals surface area contributed by atoms with Crippen LogP contribution in [0.3, 0.4) is 0 Å². The average Bonchev–Trinajstić information content (AvgIpc) is 2.99. The molecular formula is C18H24N4O2. The van der Waals surface area contributed by atoms with Crippen molar-refractivity contribution in [3.05, 3.63) is 36.0 Å². The Bertz CT molecular complexity index is 778. The Morgan fingerprint density at radius 1 is 1.17 bits per heavy atom. The molecule has 2 aromatic rings. The van der Waals surface area contributed by atoms with E-state index in [9.17, 15) is 9.59 Å². The molecule has 6 nitrogen and oxygen atoms in total. The molecule has 0 spiro atoms. The highest BCUT2D eigenvalue weighted by atomic mass is 16.2. The number of carbonyl (C=O) groups is 2. The van der Waals surface area contributed by atoms with Gasteiger partial charge in [-0.3, -0.25) is 4.79 Å². The van der Waals surface area contributed by atoms with Gasteiger partial charge >= 0.3 is 6.03 Å². The van der Waals surface area contributed by atoms with Crippen molar-refractivity contribution in [2.75, 3.05) is 33.7 Å². The number of aromatic amines is 1. The van der Waals surface area contributed by atoms with E-state index in [2.05, 4.69) is 4.98 Å². The van der Waals surface area contributed by atoms with Crippen LogP contribution in [0.1, 0.15) is 24.2 Å². The van der Waals surface area contributed by atoms with E-state index in [0.717, 1.165) is 10.9 Å². The van der Waals surface area contributed by atoms with Gasteiger partial charge in [-0.15, -0.1) is 0 Å². The lowest BCUT2D eigenvalue weighted by Gasteiger charge is -2.47. The normalized spacial score (nSPS) is 17.2. The standard InChI is InChI=1S/C18H24N4O2/c1-18(2)12-21(17(24)20(3)4)9-10-22(18)16(23)14-6-5-13-7-8-19-15(13)11-14/h5-8,11,19H,9-10,12H2,1-4H3. The lowest BCUT2D eigenvalue weighted by molar-refractivity contribution is 0.0241. The molecule has 6 heteroatoms. The van der Waals surface area contributed by atoms with Crippen LogP contribution in [0.5, 0.6) is 0 Å². The molecule has 1 N–H and O–H groups in total. The third-order valence-corrected chi connectivity index (χ3v) is 4.60. The second-order valence-corrected chi connectivity index (χ2v) is 7.15. The molecule has 0 saturated carbocycles. The van der Waals surface area contributed by atoms with Crippen molar-refractivity contribution in [2.45, 2.75) is 19.4 Å². The molecule has 0 radical (unpaired) electrons. The Morgan fingerprint density at radius 2 is 1.92 bits per heavy atom. The van der Waals surface area contributed by atoms with Crippen molar-refractivity contribution >= 4 is 22.8 Å². The highest BCUT2D eigenvalue weighted by Crippen LogP contribution is 2.25. The number of aromatic nitrogens is 1. The molecule has 3 amide bonds. The molecule has 128 valence electrons. The molecule has 1 aliphatic heterocycles. The van der Waals surface area contributed by atoms with Crippen molar-refractivity contribution in [1.82, 2.24) is 19.7 Å². The van der Waals surface area contributed by atoms with Gasteiger partial charge in [-0.1, -0.05) is 6.07 Å². The van der Waals surface area contributed by atoms with Gasteiger partial charge in [-0.2, -0.15) is 0 Å². The van der Waals surface area contributed by atoms with Crippen molar-refractivity contribution in [2.24, 2.45) is 0 Å². The maximum atomic E-state index is 13.0. The second kappa shape index (κ2) is 5.85. The molecule has 0 unspecified atom stereocenters. The van der Waals surface area contributed by atoms with E-state index in [1.807, 2.05) is 49.2 Å². The number of H-pyrrole nitrogens is 1. The topological polar surface area (TPSA) is 59.7 Å². The Balaban J connectivity index is 1.81. The number of nitrogens with zero attached hydrogens (tertiary/aromatic N) is 3. The third-order valence-electron chi connectivity index (χ3n) is 4.60. The van der Waals surface area contributed by atoms with Crippen molar-refractivity contribution in [1.29, 1.82) is 0 Å². The molecule has 1 fully saturated rings. The van der Waals surface area contributed by atoms with E-state index in [1.165, 1.54) is 0 Å². The number of rotatable bonds is 1. The Hall–Kier alpha value is -2.50. The number of amides is 3. The summed E-state index contributed by atoms with van der Waals surface area (Å²) in [4.78, 5) is 33.6. The first-order chi connectivity index (χ1) is 11.3. The maximum Gasteiger partial charge on any atom is 0.319 e. The zero-order chi connectivity index (χ0) is 17.5. The predicted molar refractivity (Wildman–Crippen MR) is 94.1 cm³/mol. The molecule has 1 saturated heterocycles. The van der Waals surface area contributed by atoms with Crippen LogP contribution in [-0.2, 0) is 0 Å². The second-order valence-electron chi connectivity index (χ2n) is 7.15. The summed E-state index contributed by atoms with van der Waals surface area (Å²) in [6, 6.07) is 7.69. The molecule has 3 rings (SSSR count). The molecule has 24 heavy (non-hydrogen) atoms. The van der Waals surface area contributed by atoms with Gasteiger partial charge < -0.3 is 19.7 Å². The summed E-state index contributed by atoms with van der Waals surface area (Å²) in [7, 11) is 3.50. The van der Waals surface area contributed by atoms with Crippen LogP contribution in [0.15, 0.2) is 30.5 Å². The number of hydrogen-bond acceptors (Lipinski definition) is 2. The van der Waals surface area contributed by atoms with E-state index in [-0.39, 0.29) is 11.9 Å². The SMILES string of the molecule is CN(C)C(=O)N1CCN(C(=O)c2ccc3cc[nH]c3c2)C(C)(C)C1. The van der Waals surface area contributed by atoms with Gasteiger partial charge in [-0.25, -0.2) is 4.79 Å². The number of fused-ring (bicyclic) bond motifs is 1. The molecule has 1 aromatic carbocycles. The summed E-state index contributed by atoms with van der Waals surface area (Å²) < 4.78 is 0. The monoisotopic (exact) mass is 328 g/mol. The van der Waals surface area contributed by atoms with Gasteiger partial charge in [0.05, 0.1) is 5.54 Å². The zero-order valence-corrected chi connectivity index (χ0v) is 14.7. The molecule has 0 bridgehead atoms. The number of benzene rings is 1. The van der Waals surface area contributed by atoms with Crippen molar-refractivity contribution in [3.63, 3.8) is 0 Å². The zero-order valence-electron chi connectivity index (χ0n) is 14.7. The quantitative estimate of drug-likeness (QED) is 0.874.